The van der Waals surface area contributed by atoms with E-state index >= 15 is 0 Å². The first kappa shape index (κ1) is 16.4. The summed E-state index contributed by atoms with van der Waals surface area (Å²) in [6, 6.07) is 3.96. The normalized spacial score (nSPS) is 12.5. The molecule has 0 aliphatic heterocycles. The van der Waals surface area contributed by atoms with Crippen LogP contribution in [0, 0.1) is 5.92 Å². The van der Waals surface area contributed by atoms with Crippen molar-refractivity contribution in [1.82, 2.24) is 0 Å². The molecule has 108 valence electrons. The molecule has 1 heterocycles. The first-order chi connectivity index (χ1) is 9.29. The average Bonchev–Trinajstić information content (AvgIpc) is 2.95. The van der Waals surface area contributed by atoms with Gasteiger partial charge < -0.3 is 0 Å². The van der Waals surface area contributed by atoms with Gasteiger partial charge in [0.05, 0.1) is 4.88 Å². The molecule has 0 amide bonds. The zero-order valence-corrected chi connectivity index (χ0v) is 13.3. The molecular formula is C17H28OS. The van der Waals surface area contributed by atoms with E-state index in [9.17, 15) is 4.79 Å². The first-order valence-electron chi connectivity index (χ1n) is 7.87. The molecule has 1 aromatic heterocycles. The fraction of sp³-hybridized carbons (Fsp3) is 0.706. The van der Waals surface area contributed by atoms with Crippen LogP contribution in [0.4, 0.5) is 0 Å². The van der Waals surface area contributed by atoms with Crippen molar-refractivity contribution in [1.29, 1.82) is 0 Å². The molecule has 0 aliphatic carbocycles. The quantitative estimate of drug-likeness (QED) is 0.353. The Labute approximate surface area is 122 Å². The van der Waals surface area contributed by atoms with E-state index in [1.807, 2.05) is 17.5 Å². The van der Waals surface area contributed by atoms with Crippen LogP contribution in [0.25, 0.3) is 0 Å². The molecule has 0 aromatic carbocycles. The highest BCUT2D eigenvalue weighted by molar-refractivity contribution is 7.12. The van der Waals surface area contributed by atoms with Crippen LogP contribution < -0.4 is 0 Å². The molecule has 0 saturated heterocycles. The minimum Gasteiger partial charge on any atom is -0.293 e. The molecule has 0 spiro atoms. The van der Waals surface area contributed by atoms with Crippen molar-refractivity contribution < 1.29 is 4.79 Å². The van der Waals surface area contributed by atoms with E-state index in [-0.39, 0.29) is 5.92 Å². The van der Waals surface area contributed by atoms with Crippen LogP contribution in [-0.4, -0.2) is 5.78 Å². The molecule has 0 radical (unpaired) electrons. The van der Waals surface area contributed by atoms with Crippen LogP contribution in [0.3, 0.4) is 0 Å². The maximum atomic E-state index is 12.4. The summed E-state index contributed by atoms with van der Waals surface area (Å²) in [5.74, 6) is 0.652. The summed E-state index contributed by atoms with van der Waals surface area (Å²) >= 11 is 1.59. The summed E-state index contributed by atoms with van der Waals surface area (Å²) in [6.07, 6.45) is 11.0. The number of hydrogen-bond acceptors (Lipinski definition) is 2. The summed E-state index contributed by atoms with van der Waals surface area (Å²) in [6.45, 7) is 4.44. The SMILES string of the molecule is CCCCCCCC(CCCC)C(=O)c1cccs1. The smallest absolute Gasteiger partial charge is 0.175 e. The molecule has 1 nitrogen and oxygen atoms in total. The molecule has 1 rings (SSSR count). The Morgan fingerprint density at radius 1 is 1.05 bits per heavy atom. The molecule has 1 unspecified atom stereocenters. The van der Waals surface area contributed by atoms with E-state index in [0.29, 0.717) is 5.78 Å². The van der Waals surface area contributed by atoms with Crippen LogP contribution >= 0.6 is 11.3 Å². The third kappa shape index (κ3) is 6.38. The standard InChI is InChI=1S/C17H28OS/c1-3-5-7-8-9-12-15(11-6-4-2)17(18)16-13-10-14-19-16/h10,13-15H,3-9,11-12H2,1-2H3. The van der Waals surface area contributed by atoms with Gasteiger partial charge in [-0.05, 0) is 24.3 Å². The van der Waals surface area contributed by atoms with E-state index in [1.54, 1.807) is 11.3 Å². The van der Waals surface area contributed by atoms with E-state index in [4.69, 9.17) is 0 Å². The molecule has 0 N–H and O–H groups in total. The van der Waals surface area contributed by atoms with E-state index < -0.39 is 0 Å². The number of hydrogen-bond donors (Lipinski definition) is 0. The van der Waals surface area contributed by atoms with E-state index in [1.165, 1.54) is 44.9 Å². The number of carbonyl (C=O) groups is 1. The van der Waals surface area contributed by atoms with Crippen molar-refractivity contribution >= 4 is 17.1 Å². The summed E-state index contributed by atoms with van der Waals surface area (Å²) in [5.41, 5.74) is 0. The lowest BCUT2D eigenvalue weighted by atomic mass is 9.90. The van der Waals surface area contributed by atoms with Crippen molar-refractivity contribution in [2.75, 3.05) is 0 Å². The summed E-state index contributed by atoms with van der Waals surface area (Å²) in [7, 11) is 0. The second-order valence-electron chi connectivity index (χ2n) is 5.38. The van der Waals surface area contributed by atoms with Gasteiger partial charge in [0, 0.05) is 5.92 Å². The predicted molar refractivity (Wildman–Crippen MR) is 85.0 cm³/mol. The highest BCUT2D eigenvalue weighted by Crippen LogP contribution is 2.24. The Morgan fingerprint density at radius 2 is 1.74 bits per heavy atom. The van der Waals surface area contributed by atoms with Crippen LogP contribution in [0.5, 0.6) is 0 Å². The van der Waals surface area contributed by atoms with E-state index in [0.717, 1.165) is 17.7 Å². The monoisotopic (exact) mass is 280 g/mol. The minimum absolute atomic E-state index is 0.264. The van der Waals surface area contributed by atoms with Gasteiger partial charge in [0.25, 0.3) is 0 Å². The van der Waals surface area contributed by atoms with Gasteiger partial charge in [-0.2, -0.15) is 0 Å². The summed E-state index contributed by atoms with van der Waals surface area (Å²) < 4.78 is 0. The number of thiophene rings is 1. The van der Waals surface area contributed by atoms with Gasteiger partial charge >= 0.3 is 0 Å². The van der Waals surface area contributed by atoms with Crippen molar-refractivity contribution in [2.24, 2.45) is 5.92 Å². The zero-order valence-electron chi connectivity index (χ0n) is 12.5. The van der Waals surface area contributed by atoms with Gasteiger partial charge in [-0.15, -0.1) is 11.3 Å². The lowest BCUT2D eigenvalue weighted by Crippen LogP contribution is -2.14. The highest BCUT2D eigenvalue weighted by atomic mass is 32.1. The molecule has 0 aliphatic rings. The van der Waals surface area contributed by atoms with Gasteiger partial charge in [0.1, 0.15) is 0 Å². The molecule has 0 fully saturated rings. The predicted octanol–water partition coefficient (Wildman–Crippen LogP) is 6.10. The largest absolute Gasteiger partial charge is 0.293 e. The fourth-order valence-electron chi connectivity index (χ4n) is 2.47. The van der Waals surface area contributed by atoms with Crippen molar-refractivity contribution in [2.45, 2.75) is 71.6 Å². The van der Waals surface area contributed by atoms with E-state index in [2.05, 4.69) is 13.8 Å². The Bertz CT molecular complexity index is 329. The van der Waals surface area contributed by atoms with Crippen LogP contribution in [0.1, 0.15) is 81.3 Å². The molecule has 2 heteroatoms. The Balaban J connectivity index is 2.40. The fourth-order valence-corrected chi connectivity index (χ4v) is 3.21. The van der Waals surface area contributed by atoms with Gasteiger partial charge in [0.2, 0.25) is 0 Å². The molecule has 19 heavy (non-hydrogen) atoms. The van der Waals surface area contributed by atoms with Crippen LogP contribution in [-0.2, 0) is 0 Å². The van der Waals surface area contributed by atoms with Gasteiger partial charge in [-0.3, -0.25) is 4.79 Å². The summed E-state index contributed by atoms with van der Waals surface area (Å²) in [4.78, 5) is 13.4. The zero-order chi connectivity index (χ0) is 13.9. The van der Waals surface area contributed by atoms with Crippen molar-refractivity contribution in [3.05, 3.63) is 22.4 Å². The second kappa shape index (κ2) is 10.2. The molecule has 0 bridgehead atoms. The Morgan fingerprint density at radius 3 is 2.37 bits per heavy atom. The number of ketones is 1. The molecule has 1 aromatic rings. The topological polar surface area (TPSA) is 17.1 Å². The van der Waals surface area contributed by atoms with Gasteiger partial charge in [0.15, 0.2) is 5.78 Å². The molecule has 1 atom stereocenters. The highest BCUT2D eigenvalue weighted by Gasteiger charge is 2.19. The third-order valence-electron chi connectivity index (χ3n) is 3.70. The molecular weight excluding hydrogens is 252 g/mol. The maximum absolute atomic E-state index is 12.4. The maximum Gasteiger partial charge on any atom is 0.175 e. The van der Waals surface area contributed by atoms with Crippen LogP contribution in [0.2, 0.25) is 0 Å². The third-order valence-corrected chi connectivity index (χ3v) is 4.58. The first-order valence-corrected chi connectivity index (χ1v) is 8.75. The number of Topliss-reactive ketones (excluding diaryl/α,β-unsaturated/α-hetero) is 1. The molecule has 0 saturated carbocycles. The average molecular weight is 280 g/mol. The van der Waals surface area contributed by atoms with Gasteiger partial charge in [-0.25, -0.2) is 0 Å². The van der Waals surface area contributed by atoms with Gasteiger partial charge in [-0.1, -0.05) is 64.9 Å². The van der Waals surface area contributed by atoms with Crippen molar-refractivity contribution in [3.8, 4) is 0 Å². The lowest BCUT2D eigenvalue weighted by molar-refractivity contribution is 0.0906. The number of carbonyl (C=O) groups excluding carboxylic acids is 1. The lowest BCUT2D eigenvalue weighted by Gasteiger charge is -2.14. The number of unbranched alkanes of at least 4 members (excludes halogenated alkanes) is 5. The Kier molecular flexibility index (Phi) is 8.81. The summed E-state index contributed by atoms with van der Waals surface area (Å²) in [5, 5.41) is 2.01. The Hall–Kier alpha value is -0.630. The van der Waals surface area contributed by atoms with Crippen molar-refractivity contribution in [3.63, 3.8) is 0 Å². The number of rotatable bonds is 11. The van der Waals surface area contributed by atoms with Crippen LogP contribution in [0.15, 0.2) is 17.5 Å². The minimum atomic E-state index is 0.264. The second-order valence-corrected chi connectivity index (χ2v) is 6.33.